The molecule has 1 atom stereocenters. The van der Waals surface area contributed by atoms with Gasteiger partial charge < -0.3 is 24.9 Å². The average Bonchev–Trinajstić information content (AvgIpc) is 3.48. The number of nitrogens with two attached hydrogens (primary N) is 1. The van der Waals surface area contributed by atoms with E-state index in [0.29, 0.717) is 28.7 Å². The van der Waals surface area contributed by atoms with Crippen LogP contribution in [0.25, 0.3) is 27.8 Å². The highest BCUT2D eigenvalue weighted by molar-refractivity contribution is 5.84. The van der Waals surface area contributed by atoms with Crippen molar-refractivity contribution in [2.24, 2.45) is 5.73 Å². The summed E-state index contributed by atoms with van der Waals surface area (Å²) in [6, 6.07) is 11.3. The molecule has 0 saturated carbocycles. The molecular weight excluding hydrogens is 422 g/mol. The number of fused-ring (bicyclic) bond motifs is 2. The van der Waals surface area contributed by atoms with Crippen molar-refractivity contribution in [2.75, 3.05) is 12.4 Å². The van der Waals surface area contributed by atoms with Gasteiger partial charge in [0.05, 0.1) is 24.5 Å². The van der Waals surface area contributed by atoms with Gasteiger partial charge in [-0.1, -0.05) is 12.1 Å². The Hall–Kier alpha value is -4.60. The van der Waals surface area contributed by atoms with Gasteiger partial charge in [0.2, 0.25) is 0 Å². The zero-order valence-electron chi connectivity index (χ0n) is 17.9. The predicted octanol–water partition coefficient (Wildman–Crippen LogP) is 3.28. The van der Waals surface area contributed by atoms with Gasteiger partial charge in [-0.3, -0.25) is 9.89 Å². The van der Waals surface area contributed by atoms with Gasteiger partial charge in [0, 0.05) is 41.3 Å². The third kappa shape index (κ3) is 3.89. The molecule has 0 fully saturated rings. The lowest BCUT2D eigenvalue weighted by Gasteiger charge is -2.16. The predicted molar refractivity (Wildman–Crippen MR) is 124 cm³/mol. The number of hydrogen-bond donors (Lipinski definition) is 3. The first-order valence-electron chi connectivity index (χ1n) is 10.2. The maximum Gasteiger partial charge on any atom is 0.258 e. The van der Waals surface area contributed by atoms with Crippen LogP contribution in [0.3, 0.4) is 0 Å². The van der Waals surface area contributed by atoms with Crippen LogP contribution in [0.5, 0.6) is 11.5 Å². The molecule has 0 radical (unpaired) electrons. The van der Waals surface area contributed by atoms with Gasteiger partial charge in [0.25, 0.3) is 5.91 Å². The molecule has 3 aromatic heterocycles. The van der Waals surface area contributed by atoms with Crippen molar-refractivity contribution < 1.29 is 14.3 Å². The van der Waals surface area contributed by atoms with Gasteiger partial charge >= 0.3 is 0 Å². The summed E-state index contributed by atoms with van der Waals surface area (Å²) < 4.78 is 12.9. The Morgan fingerprint density at radius 3 is 2.91 bits per heavy atom. The SMILES string of the molecule is COc1cc(Nc2nc(-c3ccc4cn[nH]c4c3)cn3ccnc23)ccc1OC(C)C(N)=O. The minimum Gasteiger partial charge on any atom is -0.493 e. The number of benzene rings is 2. The van der Waals surface area contributed by atoms with E-state index in [1.165, 1.54) is 7.11 Å². The number of rotatable bonds is 7. The van der Waals surface area contributed by atoms with Crippen LogP contribution in [0, 0.1) is 0 Å². The van der Waals surface area contributed by atoms with Crippen molar-refractivity contribution in [1.29, 1.82) is 0 Å². The number of carbonyl (C=O) groups excluding carboxylic acids is 1. The number of hydrogen-bond acceptors (Lipinski definition) is 7. The number of amides is 1. The van der Waals surface area contributed by atoms with Crippen LogP contribution in [-0.2, 0) is 4.79 Å². The number of imidazole rings is 1. The second-order valence-corrected chi connectivity index (χ2v) is 7.46. The fraction of sp³-hybridized carbons (Fsp3) is 0.130. The maximum atomic E-state index is 11.3. The first-order chi connectivity index (χ1) is 16.0. The molecule has 0 bridgehead atoms. The minimum absolute atomic E-state index is 0.412. The summed E-state index contributed by atoms with van der Waals surface area (Å²) in [5.41, 5.74) is 9.31. The lowest BCUT2D eigenvalue weighted by Crippen LogP contribution is -2.30. The number of anilines is 2. The van der Waals surface area contributed by atoms with Gasteiger partial charge in [-0.25, -0.2) is 9.97 Å². The van der Waals surface area contributed by atoms with E-state index in [2.05, 4.69) is 20.5 Å². The van der Waals surface area contributed by atoms with E-state index in [9.17, 15) is 4.79 Å². The Kier molecular flexibility index (Phi) is 5.02. The largest absolute Gasteiger partial charge is 0.493 e. The van der Waals surface area contributed by atoms with Crippen molar-refractivity contribution in [1.82, 2.24) is 24.6 Å². The first kappa shape index (κ1) is 20.3. The highest BCUT2D eigenvalue weighted by Gasteiger charge is 2.15. The Morgan fingerprint density at radius 1 is 1.21 bits per heavy atom. The van der Waals surface area contributed by atoms with E-state index in [-0.39, 0.29) is 0 Å². The Balaban J connectivity index is 1.51. The van der Waals surface area contributed by atoms with Crippen molar-refractivity contribution in [2.45, 2.75) is 13.0 Å². The molecule has 0 saturated heterocycles. The van der Waals surface area contributed by atoms with Crippen molar-refractivity contribution in [3.63, 3.8) is 0 Å². The lowest BCUT2D eigenvalue weighted by molar-refractivity contribution is -0.124. The summed E-state index contributed by atoms with van der Waals surface area (Å²) >= 11 is 0. The number of methoxy groups -OCH3 is 1. The molecule has 4 N–H and O–H groups in total. The molecule has 2 aromatic carbocycles. The van der Waals surface area contributed by atoms with E-state index in [1.807, 2.05) is 35.0 Å². The van der Waals surface area contributed by atoms with Crippen molar-refractivity contribution in [3.8, 4) is 22.8 Å². The summed E-state index contributed by atoms with van der Waals surface area (Å²) in [7, 11) is 1.53. The second kappa shape index (κ2) is 8.15. The molecule has 0 aliphatic heterocycles. The number of nitrogens with one attached hydrogen (secondary N) is 2. The van der Waals surface area contributed by atoms with Crippen LogP contribution < -0.4 is 20.5 Å². The van der Waals surface area contributed by atoms with Gasteiger partial charge in [-0.15, -0.1) is 0 Å². The van der Waals surface area contributed by atoms with Crippen LogP contribution in [0.15, 0.2) is 61.2 Å². The van der Waals surface area contributed by atoms with Crippen LogP contribution in [-0.4, -0.2) is 43.7 Å². The molecule has 0 aliphatic rings. The number of carbonyl (C=O) groups is 1. The topological polar surface area (TPSA) is 132 Å². The molecule has 10 nitrogen and oxygen atoms in total. The number of H-pyrrole nitrogens is 1. The molecule has 166 valence electrons. The summed E-state index contributed by atoms with van der Waals surface area (Å²) in [6.07, 6.45) is 6.50. The summed E-state index contributed by atoms with van der Waals surface area (Å²) in [5, 5.41) is 11.4. The molecule has 0 spiro atoms. The monoisotopic (exact) mass is 443 g/mol. The van der Waals surface area contributed by atoms with Gasteiger partial charge in [0.15, 0.2) is 29.1 Å². The van der Waals surface area contributed by atoms with E-state index in [1.54, 1.807) is 37.5 Å². The number of nitrogens with zero attached hydrogens (tertiary/aromatic N) is 4. The van der Waals surface area contributed by atoms with Gasteiger partial charge in [0.1, 0.15) is 0 Å². The summed E-state index contributed by atoms with van der Waals surface area (Å²) in [4.78, 5) is 20.6. The number of aromatic nitrogens is 5. The van der Waals surface area contributed by atoms with Crippen molar-refractivity contribution >= 4 is 34.0 Å². The first-order valence-corrected chi connectivity index (χ1v) is 10.2. The molecule has 10 heteroatoms. The zero-order valence-corrected chi connectivity index (χ0v) is 17.9. The smallest absolute Gasteiger partial charge is 0.258 e. The highest BCUT2D eigenvalue weighted by Crippen LogP contribution is 2.33. The number of aromatic amines is 1. The fourth-order valence-electron chi connectivity index (χ4n) is 3.48. The number of ether oxygens (including phenoxy) is 2. The molecular formula is C23H21N7O3. The quantitative estimate of drug-likeness (QED) is 0.352. The van der Waals surface area contributed by atoms with Crippen LogP contribution in [0.4, 0.5) is 11.5 Å². The van der Waals surface area contributed by atoms with E-state index < -0.39 is 12.0 Å². The zero-order chi connectivity index (χ0) is 22.9. The lowest BCUT2D eigenvalue weighted by atomic mass is 10.1. The third-order valence-electron chi connectivity index (χ3n) is 5.24. The Morgan fingerprint density at radius 2 is 2.09 bits per heavy atom. The fourth-order valence-corrected chi connectivity index (χ4v) is 3.48. The molecule has 3 heterocycles. The molecule has 1 unspecified atom stereocenters. The summed E-state index contributed by atoms with van der Waals surface area (Å²) in [6.45, 7) is 1.58. The van der Waals surface area contributed by atoms with E-state index in [4.69, 9.17) is 20.2 Å². The third-order valence-corrected chi connectivity index (χ3v) is 5.24. The van der Waals surface area contributed by atoms with Crippen molar-refractivity contribution in [3.05, 3.63) is 61.2 Å². The van der Waals surface area contributed by atoms with Crippen LogP contribution >= 0.6 is 0 Å². The maximum absolute atomic E-state index is 11.3. The number of primary amides is 1. The second-order valence-electron chi connectivity index (χ2n) is 7.46. The van der Waals surface area contributed by atoms with E-state index >= 15 is 0 Å². The average molecular weight is 443 g/mol. The standard InChI is InChI=1S/C23H21N7O3/c1-13(21(24)31)33-19-6-5-16(10-20(19)32-2)27-22-23-25-7-8-30(23)12-18(28-22)14-3-4-15-11-26-29-17(15)9-14/h3-13H,1-2H3,(H2,24,31)(H,26,29)(H,27,28). The molecule has 1 amide bonds. The van der Waals surface area contributed by atoms with Gasteiger partial charge in [-0.05, 0) is 25.1 Å². The molecule has 5 rings (SSSR count). The highest BCUT2D eigenvalue weighted by atomic mass is 16.5. The normalized spacial score (nSPS) is 12.1. The van der Waals surface area contributed by atoms with Gasteiger partial charge in [-0.2, -0.15) is 5.10 Å². The minimum atomic E-state index is -0.784. The molecule has 33 heavy (non-hydrogen) atoms. The summed E-state index contributed by atoms with van der Waals surface area (Å²) in [5.74, 6) is 0.877. The van der Waals surface area contributed by atoms with E-state index in [0.717, 1.165) is 22.2 Å². The molecule has 5 aromatic rings. The Bertz CT molecular complexity index is 1470. The Labute approximate surface area is 188 Å². The molecule has 0 aliphatic carbocycles. The van der Waals surface area contributed by atoms with Crippen LogP contribution in [0.2, 0.25) is 0 Å². The van der Waals surface area contributed by atoms with Crippen LogP contribution in [0.1, 0.15) is 6.92 Å².